The monoisotopic (exact) mass is 311 g/mol. The molecule has 0 bridgehead atoms. The summed E-state index contributed by atoms with van der Waals surface area (Å²) in [5.41, 5.74) is 7.95. The zero-order valence-electron chi connectivity index (χ0n) is 11.2. The molecule has 0 saturated heterocycles. The van der Waals surface area contributed by atoms with Crippen molar-refractivity contribution in [3.63, 3.8) is 0 Å². The van der Waals surface area contributed by atoms with E-state index in [1.54, 1.807) is 44.6 Å². The molecule has 2 rings (SSSR count). The number of nitrogens with two attached hydrogens (primary N) is 1. The molecule has 0 aromatic heterocycles. The molecular weight excluding hydrogens is 297 g/mol. The number of ether oxygens (including phenoxy) is 2. The van der Waals surface area contributed by atoms with Gasteiger partial charge in [-0.1, -0.05) is 29.3 Å². The molecule has 0 radical (unpaired) electrons. The summed E-state index contributed by atoms with van der Waals surface area (Å²) in [5.74, 6) is 1.30. The van der Waals surface area contributed by atoms with Crippen molar-refractivity contribution in [1.82, 2.24) is 0 Å². The van der Waals surface area contributed by atoms with Gasteiger partial charge in [0.2, 0.25) is 0 Å². The zero-order chi connectivity index (χ0) is 14.7. The Labute approximate surface area is 128 Å². The lowest BCUT2D eigenvalue weighted by molar-refractivity contribution is 0.407. The molecular formula is C15H15Cl2NO2. The van der Waals surface area contributed by atoms with E-state index >= 15 is 0 Å². The minimum absolute atomic E-state index is 0.382. The molecule has 2 aromatic carbocycles. The van der Waals surface area contributed by atoms with Crippen LogP contribution in [0.1, 0.15) is 17.2 Å². The molecule has 0 saturated carbocycles. The van der Waals surface area contributed by atoms with Gasteiger partial charge in [0.15, 0.2) is 0 Å². The average Bonchev–Trinajstić information content (AvgIpc) is 2.46. The topological polar surface area (TPSA) is 44.5 Å². The summed E-state index contributed by atoms with van der Waals surface area (Å²) in [7, 11) is 3.17. The van der Waals surface area contributed by atoms with Crippen molar-refractivity contribution in [3.05, 3.63) is 57.6 Å². The van der Waals surface area contributed by atoms with Crippen LogP contribution in [0, 0.1) is 0 Å². The fourth-order valence-corrected chi connectivity index (χ4v) is 2.45. The second-order valence-corrected chi connectivity index (χ2v) is 5.10. The SMILES string of the molecule is COc1ccc(C(N)c2cc(Cl)ccc2OC)cc1Cl. The van der Waals surface area contributed by atoms with Gasteiger partial charge in [-0.3, -0.25) is 0 Å². The Hall–Kier alpha value is -1.42. The molecule has 3 nitrogen and oxygen atoms in total. The van der Waals surface area contributed by atoms with E-state index in [0.717, 1.165) is 11.1 Å². The quantitative estimate of drug-likeness (QED) is 0.926. The van der Waals surface area contributed by atoms with Crippen LogP contribution in [0.15, 0.2) is 36.4 Å². The zero-order valence-corrected chi connectivity index (χ0v) is 12.7. The van der Waals surface area contributed by atoms with Gasteiger partial charge in [-0.2, -0.15) is 0 Å². The lowest BCUT2D eigenvalue weighted by Gasteiger charge is -2.17. The fourth-order valence-electron chi connectivity index (χ4n) is 2.00. The Bertz CT molecular complexity index is 617. The first-order valence-corrected chi connectivity index (χ1v) is 6.75. The summed E-state index contributed by atoms with van der Waals surface area (Å²) < 4.78 is 10.5. The van der Waals surface area contributed by atoms with E-state index in [4.69, 9.17) is 38.4 Å². The van der Waals surface area contributed by atoms with Crippen LogP contribution >= 0.6 is 23.2 Å². The van der Waals surface area contributed by atoms with Crippen LogP contribution < -0.4 is 15.2 Å². The normalized spacial score (nSPS) is 12.1. The van der Waals surface area contributed by atoms with Crippen molar-refractivity contribution in [3.8, 4) is 11.5 Å². The van der Waals surface area contributed by atoms with Gasteiger partial charge in [0, 0.05) is 10.6 Å². The highest BCUT2D eigenvalue weighted by Gasteiger charge is 2.16. The lowest BCUT2D eigenvalue weighted by atomic mass is 9.98. The minimum Gasteiger partial charge on any atom is -0.496 e. The Kier molecular flexibility index (Phi) is 4.76. The van der Waals surface area contributed by atoms with Crippen molar-refractivity contribution < 1.29 is 9.47 Å². The molecule has 0 amide bonds. The van der Waals surface area contributed by atoms with E-state index in [1.807, 2.05) is 6.07 Å². The molecule has 106 valence electrons. The number of halogens is 2. The van der Waals surface area contributed by atoms with Crippen LogP contribution in [0.2, 0.25) is 10.0 Å². The molecule has 1 unspecified atom stereocenters. The highest BCUT2D eigenvalue weighted by molar-refractivity contribution is 6.32. The van der Waals surface area contributed by atoms with E-state index in [-0.39, 0.29) is 6.04 Å². The van der Waals surface area contributed by atoms with Crippen molar-refractivity contribution in [2.45, 2.75) is 6.04 Å². The van der Waals surface area contributed by atoms with Gasteiger partial charge in [0.25, 0.3) is 0 Å². The summed E-state index contributed by atoms with van der Waals surface area (Å²) in [6.45, 7) is 0. The number of benzene rings is 2. The van der Waals surface area contributed by atoms with Crippen molar-refractivity contribution >= 4 is 23.2 Å². The van der Waals surface area contributed by atoms with Crippen molar-refractivity contribution in [2.24, 2.45) is 5.73 Å². The maximum Gasteiger partial charge on any atom is 0.137 e. The minimum atomic E-state index is -0.382. The van der Waals surface area contributed by atoms with Crippen molar-refractivity contribution in [1.29, 1.82) is 0 Å². The third kappa shape index (κ3) is 3.01. The van der Waals surface area contributed by atoms with Gasteiger partial charge in [-0.15, -0.1) is 0 Å². The maximum absolute atomic E-state index is 6.28. The van der Waals surface area contributed by atoms with E-state index in [1.165, 1.54) is 0 Å². The van der Waals surface area contributed by atoms with Crippen LogP contribution in [0.4, 0.5) is 0 Å². The molecule has 0 spiro atoms. The summed E-state index contributed by atoms with van der Waals surface area (Å²) >= 11 is 12.2. The van der Waals surface area contributed by atoms with Crippen LogP contribution in [0.5, 0.6) is 11.5 Å². The number of hydrogen-bond donors (Lipinski definition) is 1. The lowest BCUT2D eigenvalue weighted by Crippen LogP contribution is -2.13. The van der Waals surface area contributed by atoms with Gasteiger partial charge in [0.05, 0.1) is 25.3 Å². The summed E-state index contributed by atoms with van der Waals surface area (Å²) in [6, 6.07) is 10.4. The molecule has 0 heterocycles. The van der Waals surface area contributed by atoms with E-state index in [2.05, 4.69) is 0 Å². The third-order valence-electron chi connectivity index (χ3n) is 3.06. The Balaban J connectivity index is 2.43. The number of methoxy groups -OCH3 is 2. The number of hydrogen-bond acceptors (Lipinski definition) is 3. The first-order valence-electron chi connectivity index (χ1n) is 5.99. The standard InChI is InChI=1S/C15H15Cl2NO2/c1-19-13-6-4-10(16)8-11(13)15(18)9-3-5-14(20-2)12(17)7-9/h3-8,15H,18H2,1-2H3. The summed E-state index contributed by atoms with van der Waals surface area (Å²) in [5, 5.41) is 1.12. The smallest absolute Gasteiger partial charge is 0.137 e. The summed E-state index contributed by atoms with van der Waals surface area (Å²) in [4.78, 5) is 0. The molecule has 2 aromatic rings. The van der Waals surface area contributed by atoms with Gasteiger partial charge >= 0.3 is 0 Å². The van der Waals surface area contributed by atoms with Crippen molar-refractivity contribution in [2.75, 3.05) is 14.2 Å². The first-order chi connectivity index (χ1) is 9.56. The predicted molar refractivity (Wildman–Crippen MR) is 82.0 cm³/mol. The van der Waals surface area contributed by atoms with E-state index in [0.29, 0.717) is 21.5 Å². The average molecular weight is 312 g/mol. The fraction of sp³-hybridized carbons (Fsp3) is 0.200. The Morgan fingerprint density at radius 1 is 0.950 bits per heavy atom. The Morgan fingerprint density at radius 3 is 2.20 bits per heavy atom. The van der Waals surface area contributed by atoms with E-state index in [9.17, 15) is 0 Å². The predicted octanol–water partition coefficient (Wildman–Crippen LogP) is 4.06. The molecule has 1 atom stereocenters. The Morgan fingerprint density at radius 2 is 1.60 bits per heavy atom. The van der Waals surface area contributed by atoms with Crippen LogP contribution in [-0.2, 0) is 0 Å². The number of rotatable bonds is 4. The molecule has 0 aliphatic carbocycles. The molecule has 0 fully saturated rings. The first kappa shape index (κ1) is 15.0. The van der Waals surface area contributed by atoms with Gasteiger partial charge in [-0.25, -0.2) is 0 Å². The van der Waals surface area contributed by atoms with Crippen LogP contribution in [-0.4, -0.2) is 14.2 Å². The maximum atomic E-state index is 6.28. The van der Waals surface area contributed by atoms with Gasteiger partial charge in [-0.05, 0) is 35.9 Å². The summed E-state index contributed by atoms with van der Waals surface area (Å²) in [6.07, 6.45) is 0. The molecule has 5 heteroatoms. The molecule has 0 aliphatic heterocycles. The molecule has 2 N–H and O–H groups in total. The molecule has 0 aliphatic rings. The largest absolute Gasteiger partial charge is 0.496 e. The van der Waals surface area contributed by atoms with Gasteiger partial charge < -0.3 is 15.2 Å². The van der Waals surface area contributed by atoms with Crippen LogP contribution in [0.25, 0.3) is 0 Å². The third-order valence-corrected chi connectivity index (χ3v) is 3.59. The highest BCUT2D eigenvalue weighted by Crippen LogP contribution is 2.33. The van der Waals surface area contributed by atoms with E-state index < -0.39 is 0 Å². The van der Waals surface area contributed by atoms with Gasteiger partial charge in [0.1, 0.15) is 11.5 Å². The second-order valence-electron chi connectivity index (χ2n) is 4.26. The second kappa shape index (κ2) is 6.35. The highest BCUT2D eigenvalue weighted by atomic mass is 35.5. The molecule has 20 heavy (non-hydrogen) atoms. The van der Waals surface area contributed by atoms with Crippen LogP contribution in [0.3, 0.4) is 0 Å².